The van der Waals surface area contributed by atoms with Gasteiger partial charge in [0.2, 0.25) is 0 Å². The lowest BCUT2D eigenvalue weighted by Crippen LogP contribution is -1.98. The summed E-state index contributed by atoms with van der Waals surface area (Å²) in [4.78, 5) is 0. The molecule has 0 amide bonds. The van der Waals surface area contributed by atoms with Crippen LogP contribution in [0.3, 0.4) is 0 Å². The third kappa shape index (κ3) is 5.26. The summed E-state index contributed by atoms with van der Waals surface area (Å²) in [6.45, 7) is 1.87. The second-order valence-electron chi connectivity index (χ2n) is 6.40. The first-order valence-corrected chi connectivity index (χ1v) is 9.19. The SMILES string of the molecule is N#Cc1ccc(-c2ccc(OCCCCCCn3cccc3)cc2)cc1. The van der Waals surface area contributed by atoms with Gasteiger partial charge in [-0.15, -0.1) is 0 Å². The van der Waals surface area contributed by atoms with E-state index >= 15 is 0 Å². The molecular formula is C23H24N2O. The highest BCUT2D eigenvalue weighted by Crippen LogP contribution is 2.23. The van der Waals surface area contributed by atoms with E-state index in [1.54, 1.807) is 0 Å². The summed E-state index contributed by atoms with van der Waals surface area (Å²) < 4.78 is 8.07. The third-order valence-electron chi connectivity index (χ3n) is 4.45. The van der Waals surface area contributed by atoms with Crippen LogP contribution < -0.4 is 4.74 Å². The van der Waals surface area contributed by atoms with Crippen LogP contribution in [0.2, 0.25) is 0 Å². The van der Waals surface area contributed by atoms with Crippen molar-refractivity contribution in [2.45, 2.75) is 32.2 Å². The molecule has 26 heavy (non-hydrogen) atoms. The fourth-order valence-electron chi connectivity index (χ4n) is 2.94. The van der Waals surface area contributed by atoms with E-state index < -0.39 is 0 Å². The molecule has 0 atom stereocenters. The van der Waals surface area contributed by atoms with Gasteiger partial charge in [-0.05, 0) is 60.4 Å². The number of benzene rings is 2. The maximum atomic E-state index is 8.86. The van der Waals surface area contributed by atoms with E-state index in [1.165, 1.54) is 19.3 Å². The van der Waals surface area contributed by atoms with E-state index in [9.17, 15) is 0 Å². The lowest BCUT2D eigenvalue weighted by atomic mass is 10.0. The minimum Gasteiger partial charge on any atom is -0.494 e. The van der Waals surface area contributed by atoms with Crippen molar-refractivity contribution in [1.29, 1.82) is 5.26 Å². The number of hydrogen-bond acceptors (Lipinski definition) is 2. The summed E-state index contributed by atoms with van der Waals surface area (Å²) in [5.41, 5.74) is 2.92. The monoisotopic (exact) mass is 344 g/mol. The molecule has 0 N–H and O–H groups in total. The van der Waals surface area contributed by atoms with E-state index in [2.05, 4.69) is 47.3 Å². The fourth-order valence-corrected chi connectivity index (χ4v) is 2.94. The third-order valence-corrected chi connectivity index (χ3v) is 4.45. The van der Waals surface area contributed by atoms with Gasteiger partial charge in [0.05, 0.1) is 18.2 Å². The average Bonchev–Trinajstić information content (AvgIpc) is 3.21. The van der Waals surface area contributed by atoms with Gasteiger partial charge in [0.1, 0.15) is 5.75 Å². The van der Waals surface area contributed by atoms with Crippen molar-refractivity contribution in [3.05, 3.63) is 78.6 Å². The summed E-state index contributed by atoms with van der Waals surface area (Å²) in [5.74, 6) is 0.912. The van der Waals surface area contributed by atoms with Crippen LogP contribution in [0.5, 0.6) is 5.75 Å². The topological polar surface area (TPSA) is 37.9 Å². The Morgan fingerprint density at radius 2 is 1.38 bits per heavy atom. The molecule has 0 saturated heterocycles. The molecule has 0 bridgehead atoms. The first-order chi connectivity index (χ1) is 12.8. The van der Waals surface area contributed by atoms with Gasteiger partial charge in [0.15, 0.2) is 0 Å². The van der Waals surface area contributed by atoms with Crippen LogP contribution in [0, 0.1) is 11.3 Å². The molecule has 1 heterocycles. The Kier molecular flexibility index (Phi) is 6.50. The lowest BCUT2D eigenvalue weighted by Gasteiger charge is -2.08. The van der Waals surface area contributed by atoms with E-state index in [1.807, 2.05) is 36.4 Å². The van der Waals surface area contributed by atoms with Gasteiger partial charge >= 0.3 is 0 Å². The maximum Gasteiger partial charge on any atom is 0.119 e. The van der Waals surface area contributed by atoms with Gasteiger partial charge in [0, 0.05) is 18.9 Å². The van der Waals surface area contributed by atoms with Crippen molar-refractivity contribution >= 4 is 0 Å². The molecule has 1 aromatic heterocycles. The Hall–Kier alpha value is -2.99. The van der Waals surface area contributed by atoms with E-state index in [0.29, 0.717) is 5.56 Å². The lowest BCUT2D eigenvalue weighted by molar-refractivity contribution is 0.304. The molecule has 0 aliphatic carbocycles. The van der Waals surface area contributed by atoms with Gasteiger partial charge in [-0.25, -0.2) is 0 Å². The summed E-state index contributed by atoms with van der Waals surface area (Å²) in [6.07, 6.45) is 8.97. The Bertz CT molecular complexity index is 812. The molecule has 0 saturated carbocycles. The standard InChI is InChI=1S/C23H24N2O/c24-19-20-7-9-21(10-8-20)22-11-13-23(14-12-22)26-18-6-2-1-3-15-25-16-4-5-17-25/h4-5,7-14,16-17H,1-3,6,15,18H2. The van der Waals surface area contributed by atoms with E-state index in [0.717, 1.165) is 36.4 Å². The molecule has 0 aliphatic rings. The molecule has 132 valence electrons. The summed E-state index contributed by atoms with van der Waals surface area (Å²) in [6, 6.07) is 22.1. The number of aryl methyl sites for hydroxylation is 1. The van der Waals surface area contributed by atoms with Crippen molar-refractivity contribution in [2.75, 3.05) is 6.61 Å². The van der Waals surface area contributed by atoms with Crippen LogP contribution in [-0.2, 0) is 6.54 Å². The minimum atomic E-state index is 0.682. The van der Waals surface area contributed by atoms with Gasteiger partial charge in [-0.2, -0.15) is 5.26 Å². The second-order valence-corrected chi connectivity index (χ2v) is 6.40. The van der Waals surface area contributed by atoms with Crippen LogP contribution in [0.15, 0.2) is 73.1 Å². The minimum absolute atomic E-state index is 0.682. The number of nitriles is 1. The van der Waals surface area contributed by atoms with Crippen molar-refractivity contribution in [1.82, 2.24) is 4.57 Å². The van der Waals surface area contributed by atoms with Crippen molar-refractivity contribution in [3.63, 3.8) is 0 Å². The van der Waals surface area contributed by atoms with Crippen LogP contribution in [0.4, 0.5) is 0 Å². The molecule has 0 radical (unpaired) electrons. The highest BCUT2D eigenvalue weighted by atomic mass is 16.5. The molecule has 0 aliphatic heterocycles. The molecule has 0 fully saturated rings. The quantitative estimate of drug-likeness (QED) is 0.469. The first kappa shape index (κ1) is 17.8. The molecule has 0 unspecified atom stereocenters. The summed E-state index contributed by atoms with van der Waals surface area (Å²) in [7, 11) is 0. The number of rotatable bonds is 9. The van der Waals surface area contributed by atoms with Crippen LogP contribution in [0.25, 0.3) is 11.1 Å². The van der Waals surface area contributed by atoms with E-state index in [-0.39, 0.29) is 0 Å². The Labute approximate surface area is 155 Å². The van der Waals surface area contributed by atoms with Gasteiger partial charge < -0.3 is 9.30 Å². The smallest absolute Gasteiger partial charge is 0.119 e. The zero-order chi connectivity index (χ0) is 18.0. The number of hydrogen-bond donors (Lipinski definition) is 0. The van der Waals surface area contributed by atoms with E-state index in [4.69, 9.17) is 10.00 Å². The number of ether oxygens (including phenoxy) is 1. The highest BCUT2D eigenvalue weighted by molar-refractivity contribution is 5.64. The molecular weight excluding hydrogens is 320 g/mol. The zero-order valence-electron chi connectivity index (χ0n) is 15.0. The van der Waals surface area contributed by atoms with Crippen LogP contribution in [-0.4, -0.2) is 11.2 Å². The van der Waals surface area contributed by atoms with Crippen LogP contribution in [0.1, 0.15) is 31.2 Å². The summed E-state index contributed by atoms with van der Waals surface area (Å²) >= 11 is 0. The molecule has 2 aromatic carbocycles. The predicted molar refractivity (Wildman–Crippen MR) is 105 cm³/mol. The van der Waals surface area contributed by atoms with Gasteiger partial charge in [-0.1, -0.05) is 37.1 Å². The predicted octanol–water partition coefficient (Wildman–Crippen LogP) is 5.67. The van der Waals surface area contributed by atoms with Crippen molar-refractivity contribution in [2.24, 2.45) is 0 Å². The molecule has 3 nitrogen and oxygen atoms in total. The Morgan fingerprint density at radius 3 is 2.04 bits per heavy atom. The first-order valence-electron chi connectivity index (χ1n) is 9.19. The molecule has 3 aromatic rings. The van der Waals surface area contributed by atoms with Crippen LogP contribution >= 0.6 is 0 Å². The molecule has 3 rings (SSSR count). The average molecular weight is 344 g/mol. The largest absolute Gasteiger partial charge is 0.494 e. The van der Waals surface area contributed by atoms with Crippen molar-refractivity contribution < 1.29 is 4.74 Å². The number of aromatic nitrogens is 1. The number of nitrogens with zero attached hydrogens (tertiary/aromatic N) is 2. The highest BCUT2D eigenvalue weighted by Gasteiger charge is 2.00. The zero-order valence-corrected chi connectivity index (χ0v) is 15.0. The maximum absolute atomic E-state index is 8.86. The normalized spacial score (nSPS) is 10.4. The Morgan fingerprint density at radius 1 is 0.769 bits per heavy atom. The number of unbranched alkanes of at least 4 members (excludes halogenated alkanes) is 3. The fraction of sp³-hybridized carbons (Fsp3) is 0.261. The second kappa shape index (κ2) is 9.48. The summed E-state index contributed by atoms with van der Waals surface area (Å²) in [5, 5.41) is 8.86. The van der Waals surface area contributed by atoms with Gasteiger partial charge in [-0.3, -0.25) is 0 Å². The van der Waals surface area contributed by atoms with Crippen molar-refractivity contribution in [3.8, 4) is 22.9 Å². The Balaban J connectivity index is 1.35. The molecule has 0 spiro atoms. The van der Waals surface area contributed by atoms with Gasteiger partial charge in [0.25, 0.3) is 0 Å². The molecule has 3 heteroatoms.